The summed E-state index contributed by atoms with van der Waals surface area (Å²) < 4.78 is 40.5. The Balaban J connectivity index is 2.44. The number of nitro benzene ring substituents is 1. The second kappa shape index (κ2) is 4.78. The topological polar surface area (TPSA) is 89.3 Å². The summed E-state index contributed by atoms with van der Waals surface area (Å²) in [6, 6.07) is 3.04. The minimum atomic E-state index is -4.15. The maximum Gasteiger partial charge on any atom is 0.324 e. The zero-order valence-electron chi connectivity index (χ0n) is 11.1. The molecule has 8 heteroatoms. The number of halogens is 1. The summed E-state index contributed by atoms with van der Waals surface area (Å²) in [6.07, 6.45) is 1.81. The average molecular weight is 302 g/mol. The van der Waals surface area contributed by atoms with Crippen LogP contribution in [0, 0.1) is 21.8 Å². The first-order valence-corrected chi connectivity index (χ1v) is 7.60. The molecule has 20 heavy (non-hydrogen) atoms. The van der Waals surface area contributed by atoms with Gasteiger partial charge in [0.25, 0.3) is 0 Å². The molecule has 0 amide bonds. The number of nitrogens with one attached hydrogen (secondary N) is 1. The van der Waals surface area contributed by atoms with Crippen molar-refractivity contribution < 1.29 is 17.7 Å². The minimum absolute atomic E-state index is 0.199. The molecule has 0 bridgehead atoms. The fourth-order valence-electron chi connectivity index (χ4n) is 2.18. The van der Waals surface area contributed by atoms with Crippen molar-refractivity contribution in [1.82, 2.24) is 4.72 Å². The van der Waals surface area contributed by atoms with E-state index >= 15 is 0 Å². The minimum Gasteiger partial charge on any atom is -0.258 e. The predicted octanol–water partition coefficient (Wildman–Crippen LogP) is 2.20. The van der Waals surface area contributed by atoms with Crippen molar-refractivity contribution in [2.75, 3.05) is 0 Å². The third-order valence-corrected chi connectivity index (χ3v) is 5.12. The second-order valence-electron chi connectivity index (χ2n) is 5.45. The van der Waals surface area contributed by atoms with Crippen molar-refractivity contribution in [1.29, 1.82) is 0 Å². The van der Waals surface area contributed by atoms with Crippen LogP contribution >= 0.6 is 0 Å². The van der Waals surface area contributed by atoms with E-state index < -0.39 is 36.9 Å². The van der Waals surface area contributed by atoms with Crippen LogP contribution in [0.15, 0.2) is 23.1 Å². The molecule has 0 radical (unpaired) electrons. The fraction of sp³-hybridized carbons (Fsp3) is 0.500. The van der Waals surface area contributed by atoms with E-state index in [-0.39, 0.29) is 5.92 Å². The van der Waals surface area contributed by atoms with Gasteiger partial charge in [0.2, 0.25) is 15.8 Å². The maximum absolute atomic E-state index is 13.5. The lowest BCUT2D eigenvalue weighted by molar-refractivity contribution is -0.390. The van der Waals surface area contributed by atoms with Crippen LogP contribution in [0.1, 0.15) is 26.7 Å². The van der Waals surface area contributed by atoms with Gasteiger partial charge in [0, 0.05) is 5.54 Å². The molecule has 0 unspecified atom stereocenters. The van der Waals surface area contributed by atoms with Crippen molar-refractivity contribution in [3.63, 3.8) is 0 Å². The highest BCUT2D eigenvalue weighted by Gasteiger charge is 2.42. The molecule has 1 aromatic carbocycles. The zero-order valence-corrected chi connectivity index (χ0v) is 11.9. The van der Waals surface area contributed by atoms with Crippen LogP contribution in [0.3, 0.4) is 0 Å². The van der Waals surface area contributed by atoms with Crippen molar-refractivity contribution in [3.05, 3.63) is 34.1 Å². The molecule has 1 aromatic rings. The van der Waals surface area contributed by atoms with E-state index in [1.807, 2.05) is 0 Å². The van der Waals surface area contributed by atoms with Gasteiger partial charge in [-0.1, -0.05) is 6.07 Å². The third-order valence-electron chi connectivity index (χ3n) is 3.42. The van der Waals surface area contributed by atoms with Crippen molar-refractivity contribution >= 4 is 15.7 Å². The Morgan fingerprint density at radius 1 is 1.40 bits per heavy atom. The van der Waals surface area contributed by atoms with Gasteiger partial charge in [-0.15, -0.1) is 0 Å². The van der Waals surface area contributed by atoms with Gasteiger partial charge in [0.15, 0.2) is 4.90 Å². The van der Waals surface area contributed by atoms with Crippen molar-refractivity contribution in [2.24, 2.45) is 5.92 Å². The van der Waals surface area contributed by atoms with E-state index in [1.165, 1.54) is 0 Å². The highest BCUT2D eigenvalue weighted by molar-refractivity contribution is 7.89. The van der Waals surface area contributed by atoms with Crippen LogP contribution in [0.4, 0.5) is 10.1 Å². The molecule has 1 aliphatic carbocycles. The predicted molar refractivity (Wildman–Crippen MR) is 70.2 cm³/mol. The molecule has 1 N–H and O–H groups in total. The monoisotopic (exact) mass is 302 g/mol. The molecule has 0 aromatic heterocycles. The summed E-state index contributed by atoms with van der Waals surface area (Å²) in [5, 5.41) is 10.9. The smallest absolute Gasteiger partial charge is 0.258 e. The summed E-state index contributed by atoms with van der Waals surface area (Å²) >= 11 is 0. The number of hydrogen-bond acceptors (Lipinski definition) is 4. The number of nitro groups is 1. The fourth-order valence-corrected chi connectivity index (χ4v) is 3.83. The van der Waals surface area contributed by atoms with Gasteiger partial charge in [-0.05, 0) is 44.7 Å². The standard InChI is InChI=1S/C12H15FN2O4S/c1-12(2,8-6-7-8)14-20(18,19)10-5-3-4-9(13)11(10)15(16)17/h3-5,8,14H,6-7H2,1-2H3. The van der Waals surface area contributed by atoms with Crippen LogP contribution in [0.25, 0.3) is 0 Å². The molecule has 0 aliphatic heterocycles. The van der Waals surface area contributed by atoms with Gasteiger partial charge < -0.3 is 0 Å². The molecule has 110 valence electrons. The number of nitrogens with zero attached hydrogens (tertiary/aromatic N) is 1. The number of benzene rings is 1. The van der Waals surface area contributed by atoms with Crippen LogP contribution in [-0.2, 0) is 10.0 Å². The molecule has 6 nitrogen and oxygen atoms in total. The molecule has 0 atom stereocenters. The Hall–Kier alpha value is -1.54. The summed E-state index contributed by atoms with van der Waals surface area (Å²) in [4.78, 5) is 9.21. The molecule has 0 spiro atoms. The van der Waals surface area contributed by atoms with E-state index in [9.17, 15) is 22.9 Å². The van der Waals surface area contributed by atoms with Crippen LogP contribution in [-0.4, -0.2) is 18.9 Å². The number of rotatable bonds is 5. The number of hydrogen-bond donors (Lipinski definition) is 1. The largest absolute Gasteiger partial charge is 0.324 e. The van der Waals surface area contributed by atoms with Gasteiger partial charge in [0.1, 0.15) is 0 Å². The van der Waals surface area contributed by atoms with Crippen molar-refractivity contribution in [2.45, 2.75) is 37.1 Å². The Morgan fingerprint density at radius 3 is 2.50 bits per heavy atom. The van der Waals surface area contributed by atoms with Crippen LogP contribution in [0.5, 0.6) is 0 Å². The third kappa shape index (κ3) is 2.80. The first kappa shape index (κ1) is 14.9. The van der Waals surface area contributed by atoms with Gasteiger partial charge in [-0.25, -0.2) is 13.1 Å². The van der Waals surface area contributed by atoms with Gasteiger partial charge in [0.05, 0.1) is 4.92 Å². The SMILES string of the molecule is CC(C)(NS(=O)(=O)c1cccc(F)c1[N+](=O)[O-])C1CC1. The van der Waals surface area contributed by atoms with Gasteiger partial charge >= 0.3 is 5.69 Å². The molecule has 1 fully saturated rings. The number of para-hydroxylation sites is 1. The normalized spacial score (nSPS) is 16.1. The van der Waals surface area contributed by atoms with Gasteiger partial charge in [-0.2, -0.15) is 4.39 Å². The first-order valence-electron chi connectivity index (χ1n) is 6.12. The van der Waals surface area contributed by atoms with E-state index in [0.29, 0.717) is 0 Å². The second-order valence-corrected chi connectivity index (χ2v) is 7.10. The summed E-state index contributed by atoms with van der Waals surface area (Å²) in [5.74, 6) is -0.966. The van der Waals surface area contributed by atoms with Crippen LogP contribution in [0.2, 0.25) is 0 Å². The first-order chi connectivity index (χ1) is 9.15. The van der Waals surface area contributed by atoms with Crippen LogP contribution < -0.4 is 4.72 Å². The quantitative estimate of drug-likeness (QED) is 0.667. The zero-order chi connectivity index (χ0) is 15.1. The highest BCUT2D eigenvalue weighted by Crippen LogP contribution is 2.40. The van der Waals surface area contributed by atoms with E-state index in [4.69, 9.17) is 0 Å². The Kier molecular flexibility index (Phi) is 3.55. The lowest BCUT2D eigenvalue weighted by atomic mass is 10.0. The maximum atomic E-state index is 13.5. The molecular formula is C12H15FN2O4S. The van der Waals surface area contributed by atoms with Gasteiger partial charge in [-0.3, -0.25) is 10.1 Å². The Bertz CT molecular complexity index is 653. The molecule has 1 saturated carbocycles. The number of sulfonamides is 1. The molecule has 0 heterocycles. The molecule has 1 aliphatic rings. The lowest BCUT2D eigenvalue weighted by Crippen LogP contribution is -2.45. The molecule has 2 rings (SSSR count). The lowest BCUT2D eigenvalue weighted by Gasteiger charge is -2.25. The summed E-state index contributed by atoms with van der Waals surface area (Å²) in [6.45, 7) is 3.43. The summed E-state index contributed by atoms with van der Waals surface area (Å²) in [5.41, 5.74) is -1.73. The highest BCUT2D eigenvalue weighted by atomic mass is 32.2. The molecular weight excluding hydrogens is 287 g/mol. The molecule has 0 saturated heterocycles. The van der Waals surface area contributed by atoms with E-state index in [0.717, 1.165) is 31.0 Å². The Labute approximate surface area is 116 Å². The summed E-state index contributed by atoms with van der Waals surface area (Å²) in [7, 11) is -4.15. The van der Waals surface area contributed by atoms with Crippen molar-refractivity contribution in [3.8, 4) is 0 Å². The van der Waals surface area contributed by atoms with E-state index in [1.54, 1.807) is 13.8 Å². The average Bonchev–Trinajstić information content (AvgIpc) is 3.10. The van der Waals surface area contributed by atoms with E-state index in [2.05, 4.69) is 4.72 Å². The Morgan fingerprint density at radius 2 is 2.00 bits per heavy atom.